The number of phenols is 1. The van der Waals surface area contributed by atoms with E-state index in [0.29, 0.717) is 18.4 Å². The van der Waals surface area contributed by atoms with Crippen molar-refractivity contribution in [1.29, 1.82) is 0 Å². The molecule has 0 radical (unpaired) electrons. The molecule has 0 bridgehead atoms. The van der Waals surface area contributed by atoms with Crippen LogP contribution >= 0.6 is 0 Å². The molecule has 26 heavy (non-hydrogen) atoms. The Morgan fingerprint density at radius 3 is 1.96 bits per heavy atom. The Kier molecular flexibility index (Phi) is 4.01. The van der Waals surface area contributed by atoms with E-state index in [1.54, 1.807) is 6.07 Å². The van der Waals surface area contributed by atoms with Crippen molar-refractivity contribution in [2.75, 3.05) is 0 Å². The molecule has 128 valence electrons. The predicted octanol–water partition coefficient (Wildman–Crippen LogP) is 3.46. The first-order chi connectivity index (χ1) is 12.6. The highest BCUT2D eigenvalue weighted by atomic mass is 16.3. The van der Waals surface area contributed by atoms with Crippen LogP contribution in [0.3, 0.4) is 0 Å². The molecule has 4 rings (SSSR count). The number of carbonyl (C=O) groups excluding carboxylic acids is 2. The average molecular weight is 343 g/mol. The van der Waals surface area contributed by atoms with Gasteiger partial charge in [-0.25, -0.2) is 0 Å². The van der Waals surface area contributed by atoms with E-state index in [1.165, 1.54) is 0 Å². The van der Waals surface area contributed by atoms with E-state index < -0.39 is 11.8 Å². The number of aromatic hydroxyl groups is 1. The van der Waals surface area contributed by atoms with Crippen molar-refractivity contribution < 1.29 is 14.7 Å². The zero-order chi connectivity index (χ0) is 18.1. The lowest BCUT2D eigenvalue weighted by atomic mass is 9.90. The van der Waals surface area contributed by atoms with E-state index in [-0.39, 0.29) is 16.9 Å². The van der Waals surface area contributed by atoms with Gasteiger partial charge in [0.15, 0.2) is 0 Å². The molecule has 4 nitrogen and oxygen atoms in total. The summed E-state index contributed by atoms with van der Waals surface area (Å²) in [5.74, 6) is -1.09. The molecule has 1 heterocycles. The molecule has 4 heteroatoms. The summed E-state index contributed by atoms with van der Waals surface area (Å²) < 4.78 is 0. The van der Waals surface area contributed by atoms with Gasteiger partial charge in [-0.3, -0.25) is 14.9 Å². The van der Waals surface area contributed by atoms with Crippen molar-refractivity contribution >= 4 is 11.8 Å². The second kappa shape index (κ2) is 6.48. The van der Waals surface area contributed by atoms with Crippen LogP contribution in [0.25, 0.3) is 0 Å². The number of hydrogen-bond acceptors (Lipinski definition) is 3. The van der Waals surface area contributed by atoms with E-state index in [1.807, 2.05) is 60.7 Å². The smallest absolute Gasteiger partial charge is 0.262 e. The first kappa shape index (κ1) is 16.1. The molecule has 0 unspecified atom stereocenters. The van der Waals surface area contributed by atoms with Crippen LogP contribution in [0, 0.1) is 0 Å². The van der Waals surface area contributed by atoms with Crippen molar-refractivity contribution in [2.24, 2.45) is 0 Å². The SMILES string of the molecule is O=C1NC(=O)c2c1cc(Cc1ccccc1)c(Cc1ccccc1)c2O. The second-order valence-corrected chi connectivity index (χ2v) is 6.39. The minimum absolute atomic E-state index is 0.0812. The normalized spacial score (nSPS) is 12.8. The van der Waals surface area contributed by atoms with Gasteiger partial charge < -0.3 is 5.11 Å². The monoisotopic (exact) mass is 343 g/mol. The third kappa shape index (κ3) is 2.86. The van der Waals surface area contributed by atoms with Gasteiger partial charge in [0.2, 0.25) is 0 Å². The Morgan fingerprint density at radius 1 is 0.769 bits per heavy atom. The fraction of sp³-hybridized carbons (Fsp3) is 0.0909. The molecule has 0 saturated heterocycles. The Hall–Kier alpha value is -3.40. The van der Waals surface area contributed by atoms with Crippen molar-refractivity contribution in [3.05, 3.63) is 100 Å². The quantitative estimate of drug-likeness (QED) is 0.713. The van der Waals surface area contributed by atoms with Crippen molar-refractivity contribution in [3.63, 3.8) is 0 Å². The van der Waals surface area contributed by atoms with Gasteiger partial charge in [-0.2, -0.15) is 0 Å². The predicted molar refractivity (Wildman–Crippen MR) is 98.4 cm³/mol. The highest BCUT2D eigenvalue weighted by molar-refractivity contribution is 6.23. The Morgan fingerprint density at radius 2 is 1.35 bits per heavy atom. The fourth-order valence-corrected chi connectivity index (χ4v) is 3.38. The summed E-state index contributed by atoms with van der Waals surface area (Å²) in [6.45, 7) is 0. The first-order valence-corrected chi connectivity index (χ1v) is 8.44. The van der Waals surface area contributed by atoms with Crippen LogP contribution in [0.5, 0.6) is 5.75 Å². The lowest BCUT2D eigenvalue weighted by Crippen LogP contribution is -2.19. The molecular weight excluding hydrogens is 326 g/mol. The van der Waals surface area contributed by atoms with Gasteiger partial charge >= 0.3 is 0 Å². The molecule has 0 saturated carbocycles. The molecule has 3 aromatic carbocycles. The zero-order valence-corrected chi connectivity index (χ0v) is 14.0. The van der Waals surface area contributed by atoms with E-state index in [4.69, 9.17) is 0 Å². The van der Waals surface area contributed by atoms with E-state index >= 15 is 0 Å². The molecule has 1 aliphatic rings. The summed E-state index contributed by atoms with van der Waals surface area (Å²) in [5.41, 5.74) is 3.96. The topological polar surface area (TPSA) is 66.4 Å². The standard InChI is InChI=1S/C22H17NO3/c24-20-17(12-15-9-5-2-6-10-15)16(11-14-7-3-1-4-8-14)13-18-19(20)22(26)23-21(18)25/h1-10,13,24H,11-12H2,(H,23,25,26). The summed E-state index contributed by atoms with van der Waals surface area (Å²) >= 11 is 0. The largest absolute Gasteiger partial charge is 0.507 e. The van der Waals surface area contributed by atoms with Gasteiger partial charge in [-0.05, 0) is 29.2 Å². The number of benzene rings is 3. The van der Waals surface area contributed by atoms with Crippen LogP contribution in [-0.2, 0) is 12.8 Å². The molecule has 0 fully saturated rings. The third-order valence-corrected chi connectivity index (χ3v) is 4.66. The average Bonchev–Trinajstić information content (AvgIpc) is 2.94. The summed E-state index contributed by atoms with van der Waals surface area (Å²) in [4.78, 5) is 24.1. The minimum atomic E-state index is -0.539. The maximum Gasteiger partial charge on any atom is 0.262 e. The molecule has 0 spiro atoms. The lowest BCUT2D eigenvalue weighted by Gasteiger charge is -2.15. The Bertz CT molecular complexity index is 995. The van der Waals surface area contributed by atoms with Gasteiger partial charge in [0.05, 0.1) is 11.1 Å². The van der Waals surface area contributed by atoms with Crippen LogP contribution in [0.4, 0.5) is 0 Å². The number of hydrogen-bond donors (Lipinski definition) is 2. The molecule has 2 N–H and O–H groups in total. The molecule has 0 aliphatic carbocycles. The number of nitrogens with one attached hydrogen (secondary N) is 1. The van der Waals surface area contributed by atoms with Crippen molar-refractivity contribution in [3.8, 4) is 5.75 Å². The Balaban J connectivity index is 1.85. The van der Waals surface area contributed by atoms with Gasteiger partial charge in [-0.15, -0.1) is 0 Å². The third-order valence-electron chi connectivity index (χ3n) is 4.66. The van der Waals surface area contributed by atoms with E-state index in [2.05, 4.69) is 5.32 Å². The van der Waals surface area contributed by atoms with Gasteiger partial charge in [-0.1, -0.05) is 60.7 Å². The van der Waals surface area contributed by atoms with E-state index in [9.17, 15) is 14.7 Å². The molecule has 0 atom stereocenters. The summed E-state index contributed by atoms with van der Waals surface area (Å²) in [6.07, 6.45) is 1.06. The van der Waals surface area contributed by atoms with Crippen LogP contribution in [-0.4, -0.2) is 16.9 Å². The first-order valence-electron chi connectivity index (χ1n) is 8.44. The highest BCUT2D eigenvalue weighted by Gasteiger charge is 2.32. The molecule has 2 amide bonds. The van der Waals surface area contributed by atoms with Crippen LogP contribution in [0.2, 0.25) is 0 Å². The van der Waals surface area contributed by atoms with Gasteiger partial charge in [0.25, 0.3) is 11.8 Å². The minimum Gasteiger partial charge on any atom is -0.507 e. The number of phenolic OH excluding ortho intramolecular Hbond substituents is 1. The number of rotatable bonds is 4. The van der Waals surface area contributed by atoms with Gasteiger partial charge in [0.1, 0.15) is 5.75 Å². The second-order valence-electron chi connectivity index (χ2n) is 6.39. The fourth-order valence-electron chi connectivity index (χ4n) is 3.38. The summed E-state index contributed by atoms with van der Waals surface area (Å²) in [7, 11) is 0. The number of carbonyl (C=O) groups is 2. The van der Waals surface area contributed by atoms with Gasteiger partial charge in [0, 0.05) is 12.0 Å². The number of fused-ring (bicyclic) bond motifs is 1. The highest BCUT2D eigenvalue weighted by Crippen LogP contribution is 2.35. The summed E-state index contributed by atoms with van der Waals surface area (Å²) in [6, 6.07) is 21.4. The molecular formula is C22H17NO3. The van der Waals surface area contributed by atoms with E-state index in [0.717, 1.165) is 16.7 Å². The zero-order valence-electron chi connectivity index (χ0n) is 14.0. The number of imide groups is 1. The van der Waals surface area contributed by atoms with Crippen LogP contribution in [0.15, 0.2) is 66.7 Å². The molecule has 0 aromatic heterocycles. The lowest BCUT2D eigenvalue weighted by molar-refractivity contribution is 0.0879. The van der Waals surface area contributed by atoms with Crippen LogP contribution < -0.4 is 5.32 Å². The maximum atomic E-state index is 12.1. The molecule has 3 aromatic rings. The summed E-state index contributed by atoms with van der Waals surface area (Å²) in [5, 5.41) is 13.1. The van der Waals surface area contributed by atoms with Crippen molar-refractivity contribution in [1.82, 2.24) is 5.32 Å². The van der Waals surface area contributed by atoms with Crippen molar-refractivity contribution in [2.45, 2.75) is 12.8 Å². The number of amides is 2. The Labute approximate surface area is 151 Å². The van der Waals surface area contributed by atoms with Crippen LogP contribution in [0.1, 0.15) is 43.0 Å². The molecule has 1 aliphatic heterocycles. The maximum absolute atomic E-state index is 12.1.